The second kappa shape index (κ2) is 3.96. The number of hydrogen-bond donors (Lipinski definition) is 2. The Bertz CT molecular complexity index is 664. The van der Waals surface area contributed by atoms with E-state index in [9.17, 15) is 4.79 Å². The van der Waals surface area contributed by atoms with Crippen molar-refractivity contribution in [1.82, 2.24) is 4.98 Å². The summed E-state index contributed by atoms with van der Waals surface area (Å²) in [4.78, 5) is 20.2. The smallest absolute Gasteiger partial charge is 0.275 e. The number of para-hydroxylation sites is 2. The van der Waals surface area contributed by atoms with Gasteiger partial charge in [0.05, 0.1) is 17.1 Å². The molecule has 18 heavy (non-hydrogen) atoms. The number of fused-ring (bicyclic) bond motifs is 1. The fourth-order valence-corrected chi connectivity index (χ4v) is 1.82. The van der Waals surface area contributed by atoms with Crippen LogP contribution in [0, 0.1) is 0 Å². The molecule has 0 aliphatic carbocycles. The van der Waals surface area contributed by atoms with Gasteiger partial charge in [-0.2, -0.15) is 0 Å². The summed E-state index contributed by atoms with van der Waals surface area (Å²) in [7, 11) is 0. The number of carbonyl (C=O) groups is 1. The Morgan fingerprint density at radius 2 is 2.06 bits per heavy atom. The molecule has 3 rings (SSSR count). The molecule has 0 spiro atoms. The zero-order chi connectivity index (χ0) is 12.5. The Balaban J connectivity index is 2.13. The fourth-order valence-electron chi connectivity index (χ4n) is 1.82. The number of hydrogen-bond acceptors (Lipinski definition) is 4. The molecular formula is C13H10N4O. The minimum atomic E-state index is -0.235. The van der Waals surface area contributed by atoms with Crippen molar-refractivity contribution in [3.8, 4) is 0 Å². The molecule has 2 heterocycles. The van der Waals surface area contributed by atoms with Gasteiger partial charge in [-0.1, -0.05) is 12.1 Å². The zero-order valence-corrected chi connectivity index (χ0v) is 9.42. The van der Waals surface area contributed by atoms with Gasteiger partial charge in [-0.05, 0) is 18.2 Å². The van der Waals surface area contributed by atoms with Crippen molar-refractivity contribution in [3.05, 3.63) is 48.3 Å². The highest BCUT2D eigenvalue weighted by molar-refractivity contribution is 6.54. The molecule has 1 aromatic carbocycles. The van der Waals surface area contributed by atoms with Crippen LogP contribution in [-0.4, -0.2) is 16.6 Å². The van der Waals surface area contributed by atoms with E-state index in [2.05, 4.69) is 15.3 Å². The Kier molecular flexibility index (Phi) is 2.30. The molecule has 1 aliphatic heterocycles. The van der Waals surface area contributed by atoms with Gasteiger partial charge in [0, 0.05) is 18.0 Å². The first-order chi connectivity index (χ1) is 8.75. The summed E-state index contributed by atoms with van der Waals surface area (Å²) in [5.74, 6) is -0.235. The molecule has 88 valence electrons. The molecule has 0 saturated carbocycles. The number of nitrogen functional groups attached to an aromatic ring is 1. The second-order valence-corrected chi connectivity index (χ2v) is 3.89. The molecule has 0 fully saturated rings. The molecule has 1 amide bonds. The summed E-state index contributed by atoms with van der Waals surface area (Å²) in [5, 5.41) is 2.74. The highest BCUT2D eigenvalue weighted by Crippen LogP contribution is 2.27. The van der Waals surface area contributed by atoms with E-state index < -0.39 is 0 Å². The van der Waals surface area contributed by atoms with Crippen LogP contribution in [0.4, 0.5) is 17.1 Å². The average Bonchev–Trinajstić information content (AvgIpc) is 2.69. The van der Waals surface area contributed by atoms with Crippen molar-refractivity contribution in [2.45, 2.75) is 0 Å². The largest absolute Gasteiger partial charge is 0.397 e. The van der Waals surface area contributed by atoms with Crippen LogP contribution in [0.3, 0.4) is 0 Å². The summed E-state index contributed by atoms with van der Waals surface area (Å²) < 4.78 is 0. The van der Waals surface area contributed by atoms with E-state index in [0.717, 1.165) is 5.69 Å². The summed E-state index contributed by atoms with van der Waals surface area (Å²) in [6.07, 6.45) is 3.24. The number of anilines is 2. The molecule has 0 atom stereocenters. The van der Waals surface area contributed by atoms with Gasteiger partial charge in [-0.15, -0.1) is 0 Å². The Hall–Kier alpha value is -2.69. The maximum absolute atomic E-state index is 11.8. The molecule has 0 unspecified atom stereocenters. The van der Waals surface area contributed by atoms with Crippen LogP contribution in [0.5, 0.6) is 0 Å². The van der Waals surface area contributed by atoms with Crippen molar-refractivity contribution in [3.63, 3.8) is 0 Å². The lowest BCUT2D eigenvalue weighted by Gasteiger charge is -2.00. The number of amides is 1. The lowest BCUT2D eigenvalue weighted by Crippen LogP contribution is -2.14. The topological polar surface area (TPSA) is 80.4 Å². The second-order valence-electron chi connectivity index (χ2n) is 3.89. The summed E-state index contributed by atoms with van der Waals surface area (Å²) >= 11 is 0. The number of benzene rings is 1. The summed E-state index contributed by atoms with van der Waals surface area (Å²) in [6.45, 7) is 0. The number of carbonyl (C=O) groups excluding carboxylic acids is 1. The number of pyridine rings is 1. The summed E-state index contributed by atoms with van der Waals surface area (Å²) in [5.41, 5.74) is 8.70. The molecule has 0 saturated heterocycles. The van der Waals surface area contributed by atoms with Crippen LogP contribution in [0.2, 0.25) is 0 Å². The van der Waals surface area contributed by atoms with Crippen LogP contribution < -0.4 is 11.1 Å². The number of nitrogens with one attached hydrogen (secondary N) is 1. The molecule has 0 bridgehead atoms. The van der Waals surface area contributed by atoms with Gasteiger partial charge in [-0.25, -0.2) is 4.99 Å². The van der Waals surface area contributed by atoms with Gasteiger partial charge in [0.1, 0.15) is 5.71 Å². The van der Waals surface area contributed by atoms with Crippen molar-refractivity contribution in [1.29, 1.82) is 0 Å². The van der Waals surface area contributed by atoms with E-state index in [0.29, 0.717) is 22.6 Å². The van der Waals surface area contributed by atoms with Gasteiger partial charge < -0.3 is 11.1 Å². The zero-order valence-electron chi connectivity index (χ0n) is 9.42. The third-order valence-corrected chi connectivity index (χ3v) is 2.71. The van der Waals surface area contributed by atoms with E-state index in [1.165, 1.54) is 0 Å². The molecule has 0 radical (unpaired) electrons. The number of nitrogens with two attached hydrogens (primary N) is 1. The minimum Gasteiger partial charge on any atom is -0.397 e. The normalized spacial score (nSPS) is 15.6. The van der Waals surface area contributed by atoms with Crippen LogP contribution in [0.25, 0.3) is 0 Å². The predicted molar refractivity (Wildman–Crippen MR) is 69.9 cm³/mol. The first kappa shape index (κ1) is 10.5. The van der Waals surface area contributed by atoms with Crippen molar-refractivity contribution >= 4 is 28.7 Å². The van der Waals surface area contributed by atoms with E-state index in [1.54, 1.807) is 30.6 Å². The molecule has 5 nitrogen and oxygen atoms in total. The first-order valence-corrected chi connectivity index (χ1v) is 5.44. The molecule has 1 aromatic heterocycles. The van der Waals surface area contributed by atoms with E-state index in [1.807, 2.05) is 12.1 Å². The van der Waals surface area contributed by atoms with Crippen LogP contribution in [-0.2, 0) is 4.79 Å². The monoisotopic (exact) mass is 238 g/mol. The standard InChI is InChI=1S/C13H10N4O/c14-9-3-1-2-4-11(9)16-12-8-7-15-6-5-10(8)17-13(12)18/h1-7H,14H2,(H,16,17,18). The maximum atomic E-state index is 11.8. The van der Waals surface area contributed by atoms with Crippen molar-refractivity contribution in [2.75, 3.05) is 11.1 Å². The Labute approximate surface area is 103 Å². The minimum absolute atomic E-state index is 0.235. The van der Waals surface area contributed by atoms with Gasteiger partial charge in [0.2, 0.25) is 0 Å². The molecule has 5 heteroatoms. The third-order valence-electron chi connectivity index (χ3n) is 2.71. The highest BCUT2D eigenvalue weighted by Gasteiger charge is 2.25. The maximum Gasteiger partial charge on any atom is 0.275 e. The SMILES string of the molecule is Nc1ccccc1N=C1C(=O)Nc2ccncc21. The number of aliphatic imine (C=N–C) groups is 1. The lowest BCUT2D eigenvalue weighted by molar-refractivity contribution is -0.110. The number of aromatic nitrogens is 1. The predicted octanol–water partition coefficient (Wildman–Crippen LogP) is 1.74. The fraction of sp³-hybridized carbons (Fsp3) is 0. The van der Waals surface area contributed by atoms with Crippen LogP contribution in [0.15, 0.2) is 47.7 Å². The first-order valence-electron chi connectivity index (χ1n) is 5.44. The Morgan fingerprint density at radius 1 is 1.22 bits per heavy atom. The van der Waals surface area contributed by atoms with E-state index >= 15 is 0 Å². The van der Waals surface area contributed by atoms with Crippen molar-refractivity contribution < 1.29 is 4.79 Å². The quantitative estimate of drug-likeness (QED) is 0.742. The Morgan fingerprint density at radius 3 is 2.89 bits per heavy atom. The van der Waals surface area contributed by atoms with Gasteiger partial charge in [0.25, 0.3) is 5.91 Å². The average molecular weight is 238 g/mol. The van der Waals surface area contributed by atoms with Gasteiger partial charge >= 0.3 is 0 Å². The van der Waals surface area contributed by atoms with E-state index in [-0.39, 0.29) is 5.91 Å². The van der Waals surface area contributed by atoms with E-state index in [4.69, 9.17) is 5.73 Å². The number of rotatable bonds is 1. The van der Waals surface area contributed by atoms with Crippen LogP contribution in [0.1, 0.15) is 5.56 Å². The third kappa shape index (κ3) is 1.62. The van der Waals surface area contributed by atoms with Gasteiger partial charge in [-0.3, -0.25) is 9.78 Å². The summed E-state index contributed by atoms with van der Waals surface area (Å²) in [6, 6.07) is 8.90. The lowest BCUT2D eigenvalue weighted by atomic mass is 10.2. The molecule has 3 N–H and O–H groups in total. The van der Waals surface area contributed by atoms with Crippen LogP contribution >= 0.6 is 0 Å². The van der Waals surface area contributed by atoms with Gasteiger partial charge in [0.15, 0.2) is 0 Å². The van der Waals surface area contributed by atoms with Crippen molar-refractivity contribution in [2.24, 2.45) is 4.99 Å². The molecular weight excluding hydrogens is 228 g/mol. The highest BCUT2D eigenvalue weighted by atomic mass is 16.2. The molecule has 2 aromatic rings. The molecule has 1 aliphatic rings. The number of nitrogens with zero attached hydrogens (tertiary/aromatic N) is 2.